The van der Waals surface area contributed by atoms with Crippen molar-refractivity contribution in [2.24, 2.45) is 0 Å². The zero-order valence-corrected chi connectivity index (χ0v) is 21.5. The number of fused-ring (bicyclic) bond motifs is 11. The van der Waals surface area contributed by atoms with E-state index in [4.69, 9.17) is 4.42 Å². The highest BCUT2D eigenvalue weighted by Gasteiger charge is 2.26. The molecule has 9 aromatic rings. The monoisotopic (exact) mass is 507 g/mol. The van der Waals surface area contributed by atoms with Crippen molar-refractivity contribution in [1.82, 2.24) is 4.57 Å². The van der Waals surface area contributed by atoms with Crippen molar-refractivity contribution in [2.45, 2.75) is 0 Å². The van der Waals surface area contributed by atoms with Crippen molar-refractivity contribution in [3.63, 3.8) is 0 Å². The number of hydrogen-bond donors (Lipinski definition) is 0. The van der Waals surface area contributed by atoms with Crippen LogP contribution in [0.25, 0.3) is 93.2 Å². The van der Waals surface area contributed by atoms with Gasteiger partial charge in [0.1, 0.15) is 11.2 Å². The van der Waals surface area contributed by atoms with Crippen LogP contribution in [0, 0.1) is 0 Å². The lowest BCUT2D eigenvalue weighted by Crippen LogP contribution is -1.95. The first-order valence-corrected chi connectivity index (χ1v) is 13.8. The Kier molecular flexibility index (Phi) is 3.70. The van der Waals surface area contributed by atoms with Crippen LogP contribution in [0.4, 0.5) is 0 Å². The van der Waals surface area contributed by atoms with Gasteiger partial charge in [0.25, 0.3) is 0 Å². The third-order valence-corrected chi connectivity index (χ3v) is 8.88. The Bertz CT molecular complexity index is 2540. The largest absolute Gasteiger partial charge is 0.456 e. The molecule has 0 amide bonds. The summed E-state index contributed by atoms with van der Waals surface area (Å²) in [4.78, 5) is 0. The van der Waals surface area contributed by atoms with Gasteiger partial charge in [-0.3, -0.25) is 0 Å². The molecule has 0 bridgehead atoms. The first-order valence-electron chi connectivity index (χ1n) is 13.8. The molecule has 2 aromatic heterocycles. The van der Waals surface area contributed by atoms with Crippen molar-refractivity contribution < 1.29 is 4.42 Å². The molecule has 40 heavy (non-hydrogen) atoms. The highest BCUT2D eigenvalue weighted by molar-refractivity contribution is 6.24. The van der Waals surface area contributed by atoms with Crippen molar-refractivity contribution in [3.05, 3.63) is 127 Å². The van der Waals surface area contributed by atoms with Gasteiger partial charge >= 0.3 is 0 Å². The van der Waals surface area contributed by atoms with Crippen LogP contribution in [-0.4, -0.2) is 4.57 Å². The van der Waals surface area contributed by atoms with Gasteiger partial charge in [-0.1, -0.05) is 91.0 Å². The van der Waals surface area contributed by atoms with E-state index in [-0.39, 0.29) is 0 Å². The SMILES string of the molecule is c1ccc2cc3c(cc2c1)oc1ccc(-n2c4ccccc4c4ccc5c(c42)-c2cccc4cccc-5c24)cc13. The first-order chi connectivity index (χ1) is 19.8. The van der Waals surface area contributed by atoms with E-state index in [0.717, 1.165) is 27.6 Å². The molecular weight excluding hydrogens is 486 g/mol. The Balaban J connectivity index is 1.35. The summed E-state index contributed by atoms with van der Waals surface area (Å²) in [7, 11) is 0. The Labute approximate surface area is 229 Å². The maximum absolute atomic E-state index is 6.35. The van der Waals surface area contributed by atoms with E-state index in [1.807, 2.05) is 0 Å². The van der Waals surface area contributed by atoms with E-state index in [9.17, 15) is 0 Å². The maximum Gasteiger partial charge on any atom is 0.136 e. The summed E-state index contributed by atoms with van der Waals surface area (Å²) in [6.07, 6.45) is 0. The second kappa shape index (κ2) is 7.19. The smallest absolute Gasteiger partial charge is 0.136 e. The van der Waals surface area contributed by atoms with Crippen LogP contribution in [-0.2, 0) is 0 Å². The van der Waals surface area contributed by atoms with Crippen molar-refractivity contribution >= 4 is 65.3 Å². The molecule has 0 unspecified atom stereocenters. The van der Waals surface area contributed by atoms with Gasteiger partial charge in [-0.05, 0) is 74.6 Å². The number of aromatic nitrogens is 1. The summed E-state index contributed by atoms with van der Waals surface area (Å²) in [5, 5.41) is 9.91. The molecule has 0 aliphatic heterocycles. The predicted octanol–water partition coefficient (Wildman–Crippen LogP) is 10.6. The molecule has 2 heteroatoms. The second-order valence-electron chi connectivity index (χ2n) is 10.9. The Hall–Kier alpha value is -5.34. The number of benzene rings is 7. The Morgan fingerprint density at radius 3 is 2.10 bits per heavy atom. The van der Waals surface area contributed by atoms with E-state index < -0.39 is 0 Å². The molecule has 1 aliphatic rings. The van der Waals surface area contributed by atoms with Gasteiger partial charge < -0.3 is 8.98 Å². The molecule has 0 fully saturated rings. The lowest BCUT2D eigenvalue weighted by atomic mass is 10.00. The number of rotatable bonds is 1. The highest BCUT2D eigenvalue weighted by Crippen LogP contribution is 2.52. The fraction of sp³-hybridized carbons (Fsp3) is 0. The molecule has 0 saturated heterocycles. The fourth-order valence-electron chi connectivity index (χ4n) is 7.19. The molecule has 1 aliphatic carbocycles. The van der Waals surface area contributed by atoms with Crippen molar-refractivity contribution in [3.8, 4) is 27.9 Å². The molecule has 0 N–H and O–H groups in total. The standard InChI is InChI=1S/C38H21NO/c1-2-8-24-20-35-31(19-23(24)7-1)32-21-25(15-18-34(32)40-35)39-33-14-4-3-11-26(33)29-17-16-28-27-12-5-9-22-10-6-13-30(36(22)27)37(28)38(29)39/h1-21H. The van der Waals surface area contributed by atoms with Gasteiger partial charge in [-0.15, -0.1) is 0 Å². The average molecular weight is 508 g/mol. The number of hydrogen-bond acceptors (Lipinski definition) is 1. The first kappa shape index (κ1) is 20.6. The number of nitrogens with zero attached hydrogens (tertiary/aromatic N) is 1. The summed E-state index contributed by atoms with van der Waals surface area (Å²) in [6.45, 7) is 0. The van der Waals surface area contributed by atoms with E-state index in [1.54, 1.807) is 0 Å². The van der Waals surface area contributed by atoms with Crippen molar-refractivity contribution in [2.75, 3.05) is 0 Å². The van der Waals surface area contributed by atoms with Gasteiger partial charge in [-0.25, -0.2) is 0 Å². The number of para-hydroxylation sites is 1. The summed E-state index contributed by atoms with van der Waals surface area (Å²) in [6, 6.07) is 46.4. The normalized spacial score (nSPS) is 12.5. The minimum atomic E-state index is 0.914. The average Bonchev–Trinajstić information content (AvgIpc) is 3.64. The molecule has 10 rings (SSSR count). The van der Waals surface area contributed by atoms with Crippen LogP contribution >= 0.6 is 0 Å². The van der Waals surface area contributed by atoms with Gasteiger partial charge in [-0.2, -0.15) is 0 Å². The van der Waals surface area contributed by atoms with Gasteiger partial charge in [0.2, 0.25) is 0 Å². The summed E-state index contributed by atoms with van der Waals surface area (Å²) >= 11 is 0. The summed E-state index contributed by atoms with van der Waals surface area (Å²) in [5.74, 6) is 0. The number of furan rings is 1. The summed E-state index contributed by atoms with van der Waals surface area (Å²) < 4.78 is 8.82. The third-order valence-electron chi connectivity index (χ3n) is 8.88. The second-order valence-corrected chi connectivity index (χ2v) is 10.9. The Morgan fingerprint density at radius 2 is 1.20 bits per heavy atom. The molecule has 0 atom stereocenters. The predicted molar refractivity (Wildman–Crippen MR) is 168 cm³/mol. The van der Waals surface area contributed by atoms with E-state index in [2.05, 4.69) is 132 Å². The molecule has 2 heterocycles. The van der Waals surface area contributed by atoms with Crippen LogP contribution in [0.1, 0.15) is 0 Å². The third kappa shape index (κ3) is 2.49. The zero-order valence-electron chi connectivity index (χ0n) is 21.5. The minimum Gasteiger partial charge on any atom is -0.456 e. The highest BCUT2D eigenvalue weighted by atomic mass is 16.3. The van der Waals surface area contributed by atoms with Crippen LogP contribution < -0.4 is 0 Å². The molecule has 184 valence electrons. The minimum absolute atomic E-state index is 0.914. The molecule has 0 saturated carbocycles. The lowest BCUT2D eigenvalue weighted by molar-refractivity contribution is 0.669. The maximum atomic E-state index is 6.35. The van der Waals surface area contributed by atoms with Gasteiger partial charge in [0.05, 0.1) is 11.0 Å². The van der Waals surface area contributed by atoms with E-state index in [0.29, 0.717) is 0 Å². The van der Waals surface area contributed by atoms with Crippen molar-refractivity contribution in [1.29, 1.82) is 0 Å². The van der Waals surface area contributed by atoms with Crippen LogP contribution in [0.15, 0.2) is 132 Å². The van der Waals surface area contributed by atoms with Gasteiger partial charge in [0.15, 0.2) is 0 Å². The topological polar surface area (TPSA) is 18.1 Å². The van der Waals surface area contributed by atoms with Crippen LogP contribution in [0.5, 0.6) is 0 Å². The fourth-order valence-corrected chi connectivity index (χ4v) is 7.19. The van der Waals surface area contributed by atoms with E-state index in [1.165, 1.54) is 65.6 Å². The van der Waals surface area contributed by atoms with E-state index >= 15 is 0 Å². The molecular formula is C38H21NO. The molecule has 0 spiro atoms. The van der Waals surface area contributed by atoms with Crippen LogP contribution in [0.3, 0.4) is 0 Å². The van der Waals surface area contributed by atoms with Gasteiger partial charge in [0, 0.05) is 32.8 Å². The van der Waals surface area contributed by atoms with Crippen LogP contribution in [0.2, 0.25) is 0 Å². The Morgan fingerprint density at radius 1 is 0.450 bits per heavy atom. The zero-order chi connectivity index (χ0) is 25.9. The molecule has 7 aromatic carbocycles. The quantitative estimate of drug-likeness (QED) is 0.216. The molecule has 2 nitrogen and oxygen atoms in total. The summed E-state index contributed by atoms with van der Waals surface area (Å²) in [5.41, 5.74) is 10.7. The lowest BCUT2D eigenvalue weighted by Gasteiger charge is -2.12. The molecule has 0 radical (unpaired) electrons.